The van der Waals surface area contributed by atoms with Gasteiger partial charge in [-0.1, -0.05) is 6.92 Å². The van der Waals surface area contributed by atoms with E-state index in [2.05, 4.69) is 35.8 Å². The zero-order valence-electron chi connectivity index (χ0n) is 12.1. The molecule has 3 rings (SSSR count). The van der Waals surface area contributed by atoms with Gasteiger partial charge in [0.15, 0.2) is 0 Å². The molecule has 2 fully saturated rings. The Bertz CT molecular complexity index is 457. The molecule has 19 heavy (non-hydrogen) atoms. The van der Waals surface area contributed by atoms with E-state index in [9.17, 15) is 0 Å². The Morgan fingerprint density at radius 2 is 2.00 bits per heavy atom. The molecule has 3 heteroatoms. The third-order valence-corrected chi connectivity index (χ3v) is 4.75. The molecule has 2 unspecified atom stereocenters. The van der Waals surface area contributed by atoms with Crippen molar-refractivity contribution in [2.75, 3.05) is 36.8 Å². The maximum atomic E-state index is 5.90. The molecule has 0 radical (unpaired) electrons. The number of likely N-dealkylation sites (tertiary alicyclic amines) is 1. The van der Waals surface area contributed by atoms with Gasteiger partial charge in [-0.2, -0.15) is 0 Å². The second kappa shape index (κ2) is 5.04. The molecule has 0 amide bonds. The fourth-order valence-corrected chi connectivity index (χ4v) is 3.43. The van der Waals surface area contributed by atoms with E-state index in [0.29, 0.717) is 0 Å². The number of rotatable bonds is 2. The van der Waals surface area contributed by atoms with Gasteiger partial charge in [0.1, 0.15) is 0 Å². The summed E-state index contributed by atoms with van der Waals surface area (Å²) in [6, 6.07) is 7.18. The first-order valence-corrected chi connectivity index (χ1v) is 7.48. The van der Waals surface area contributed by atoms with Gasteiger partial charge in [0.05, 0.1) is 0 Å². The largest absolute Gasteiger partial charge is 0.399 e. The van der Waals surface area contributed by atoms with Crippen LogP contribution in [0.15, 0.2) is 18.2 Å². The highest BCUT2D eigenvalue weighted by molar-refractivity contribution is 5.58. The van der Waals surface area contributed by atoms with Crippen LogP contribution in [0, 0.1) is 12.8 Å². The van der Waals surface area contributed by atoms with E-state index in [1.807, 2.05) is 6.07 Å². The van der Waals surface area contributed by atoms with Crippen molar-refractivity contribution in [1.82, 2.24) is 4.90 Å². The number of benzene rings is 1. The van der Waals surface area contributed by atoms with Crippen molar-refractivity contribution in [1.29, 1.82) is 0 Å². The van der Waals surface area contributed by atoms with E-state index in [1.165, 1.54) is 50.3 Å². The number of nitrogens with zero attached hydrogens (tertiary/aromatic N) is 2. The zero-order chi connectivity index (χ0) is 13.4. The summed E-state index contributed by atoms with van der Waals surface area (Å²) in [6.45, 7) is 9.40. The van der Waals surface area contributed by atoms with Gasteiger partial charge in [-0.15, -0.1) is 0 Å². The molecule has 0 saturated carbocycles. The smallest absolute Gasteiger partial charge is 0.0370 e. The minimum absolute atomic E-state index is 0.753. The van der Waals surface area contributed by atoms with Crippen molar-refractivity contribution in [2.24, 2.45) is 5.92 Å². The molecule has 1 aromatic carbocycles. The number of anilines is 2. The molecule has 3 nitrogen and oxygen atoms in total. The maximum absolute atomic E-state index is 5.90. The molecule has 104 valence electrons. The molecule has 0 aromatic heterocycles. The molecular weight excluding hydrogens is 234 g/mol. The Hall–Kier alpha value is -1.22. The Morgan fingerprint density at radius 3 is 2.68 bits per heavy atom. The predicted molar refractivity (Wildman–Crippen MR) is 81.6 cm³/mol. The monoisotopic (exact) mass is 259 g/mol. The standard InChI is InChI=1S/C16H25N3/c1-12-5-7-18(10-12)15-6-8-19(11-15)14-3-4-16(17)13(2)9-14/h3-4,9,12,15H,5-8,10-11,17H2,1-2H3. The van der Waals surface area contributed by atoms with Crippen LogP contribution in [0.1, 0.15) is 25.3 Å². The van der Waals surface area contributed by atoms with Crippen LogP contribution in [-0.2, 0) is 0 Å². The first-order chi connectivity index (χ1) is 9.13. The molecule has 2 heterocycles. The lowest BCUT2D eigenvalue weighted by Gasteiger charge is -2.25. The Morgan fingerprint density at radius 1 is 1.16 bits per heavy atom. The highest BCUT2D eigenvalue weighted by Gasteiger charge is 2.31. The fourth-order valence-electron chi connectivity index (χ4n) is 3.43. The number of aryl methyl sites for hydroxylation is 1. The molecule has 2 N–H and O–H groups in total. The van der Waals surface area contributed by atoms with Crippen LogP contribution < -0.4 is 10.6 Å². The van der Waals surface area contributed by atoms with Crippen LogP contribution in [-0.4, -0.2) is 37.1 Å². The van der Waals surface area contributed by atoms with Crippen molar-refractivity contribution < 1.29 is 0 Å². The Balaban J connectivity index is 1.66. The van der Waals surface area contributed by atoms with Crippen LogP contribution in [0.4, 0.5) is 11.4 Å². The van der Waals surface area contributed by atoms with Crippen LogP contribution in [0.2, 0.25) is 0 Å². The average molecular weight is 259 g/mol. The first kappa shape index (κ1) is 12.8. The van der Waals surface area contributed by atoms with Crippen LogP contribution in [0.3, 0.4) is 0 Å². The third-order valence-electron chi connectivity index (χ3n) is 4.75. The lowest BCUT2D eigenvalue weighted by molar-refractivity contribution is 0.252. The predicted octanol–water partition coefficient (Wildman–Crippen LogP) is 2.50. The number of hydrogen-bond donors (Lipinski definition) is 1. The van der Waals surface area contributed by atoms with Crippen molar-refractivity contribution >= 4 is 11.4 Å². The minimum atomic E-state index is 0.753. The average Bonchev–Trinajstić information content (AvgIpc) is 3.01. The number of nitrogen functional groups attached to an aromatic ring is 1. The van der Waals surface area contributed by atoms with Crippen LogP contribution >= 0.6 is 0 Å². The van der Waals surface area contributed by atoms with Crippen molar-refractivity contribution in [3.8, 4) is 0 Å². The van der Waals surface area contributed by atoms with Crippen LogP contribution in [0.25, 0.3) is 0 Å². The summed E-state index contributed by atoms with van der Waals surface area (Å²) in [5, 5.41) is 0. The normalized spacial score (nSPS) is 28.2. The Labute approximate surface area is 116 Å². The second-order valence-corrected chi connectivity index (χ2v) is 6.32. The summed E-state index contributed by atoms with van der Waals surface area (Å²) >= 11 is 0. The molecular formula is C16H25N3. The molecule has 0 bridgehead atoms. The highest BCUT2D eigenvalue weighted by Crippen LogP contribution is 2.28. The van der Waals surface area contributed by atoms with E-state index < -0.39 is 0 Å². The molecule has 0 spiro atoms. The van der Waals surface area contributed by atoms with Gasteiger partial charge in [-0.3, -0.25) is 4.90 Å². The maximum Gasteiger partial charge on any atom is 0.0370 e. The lowest BCUT2D eigenvalue weighted by atomic mass is 10.1. The summed E-state index contributed by atoms with van der Waals surface area (Å²) in [7, 11) is 0. The van der Waals surface area contributed by atoms with Gasteiger partial charge >= 0.3 is 0 Å². The third kappa shape index (κ3) is 2.57. The molecule has 2 aliphatic rings. The summed E-state index contributed by atoms with van der Waals surface area (Å²) in [5.74, 6) is 0.882. The van der Waals surface area contributed by atoms with Gasteiger partial charge in [0.2, 0.25) is 0 Å². The summed E-state index contributed by atoms with van der Waals surface area (Å²) in [4.78, 5) is 5.20. The van der Waals surface area contributed by atoms with E-state index in [4.69, 9.17) is 5.73 Å². The summed E-state index contributed by atoms with van der Waals surface area (Å²) in [6.07, 6.45) is 2.67. The topological polar surface area (TPSA) is 32.5 Å². The summed E-state index contributed by atoms with van der Waals surface area (Å²) < 4.78 is 0. The van der Waals surface area contributed by atoms with Crippen molar-refractivity contribution in [3.63, 3.8) is 0 Å². The van der Waals surface area contributed by atoms with Crippen LogP contribution in [0.5, 0.6) is 0 Å². The van der Waals surface area contributed by atoms with E-state index in [-0.39, 0.29) is 0 Å². The second-order valence-electron chi connectivity index (χ2n) is 6.32. The molecule has 1 aromatic rings. The highest BCUT2D eigenvalue weighted by atomic mass is 15.3. The molecule has 2 aliphatic heterocycles. The quantitative estimate of drug-likeness (QED) is 0.828. The lowest BCUT2D eigenvalue weighted by Crippen LogP contribution is -2.35. The summed E-state index contributed by atoms with van der Waals surface area (Å²) in [5.41, 5.74) is 9.32. The van der Waals surface area contributed by atoms with Gasteiger partial charge in [0.25, 0.3) is 0 Å². The van der Waals surface area contributed by atoms with Gasteiger partial charge in [0, 0.05) is 37.1 Å². The van der Waals surface area contributed by atoms with Crippen molar-refractivity contribution in [2.45, 2.75) is 32.7 Å². The minimum Gasteiger partial charge on any atom is -0.399 e. The van der Waals surface area contributed by atoms with Gasteiger partial charge in [-0.25, -0.2) is 0 Å². The molecule has 0 aliphatic carbocycles. The molecule has 2 saturated heterocycles. The van der Waals surface area contributed by atoms with E-state index >= 15 is 0 Å². The van der Waals surface area contributed by atoms with Crippen molar-refractivity contribution in [3.05, 3.63) is 23.8 Å². The molecule has 2 atom stereocenters. The zero-order valence-corrected chi connectivity index (χ0v) is 12.1. The SMILES string of the molecule is Cc1cc(N2CCC(N3CCC(C)C3)C2)ccc1N. The Kier molecular flexibility index (Phi) is 3.40. The van der Waals surface area contributed by atoms with E-state index in [1.54, 1.807) is 0 Å². The fraction of sp³-hybridized carbons (Fsp3) is 0.625. The first-order valence-electron chi connectivity index (χ1n) is 7.48. The van der Waals surface area contributed by atoms with Gasteiger partial charge in [-0.05, 0) is 56.0 Å². The number of nitrogens with two attached hydrogens (primary N) is 1. The van der Waals surface area contributed by atoms with E-state index in [0.717, 1.165) is 17.6 Å². The number of hydrogen-bond acceptors (Lipinski definition) is 3. The van der Waals surface area contributed by atoms with Gasteiger partial charge < -0.3 is 10.6 Å².